The van der Waals surface area contributed by atoms with Crippen LogP contribution in [0.3, 0.4) is 0 Å². The second-order valence-corrected chi connectivity index (χ2v) is 22.0. The Balaban J connectivity index is 1.14. The smallest absolute Gasteiger partial charge is 0.306 e. The number of benzene rings is 1. The van der Waals surface area contributed by atoms with Crippen molar-refractivity contribution in [2.24, 2.45) is 40.4 Å². The van der Waals surface area contributed by atoms with Gasteiger partial charge in [0.2, 0.25) is 34.1 Å². The van der Waals surface area contributed by atoms with Crippen molar-refractivity contribution >= 4 is 44.6 Å². The third-order valence-electron chi connectivity index (χ3n) is 14.8. The van der Waals surface area contributed by atoms with E-state index in [1.165, 1.54) is 11.8 Å². The molecule has 6 aliphatic rings. The molecule has 4 saturated carbocycles. The van der Waals surface area contributed by atoms with E-state index in [2.05, 4.69) is 0 Å². The van der Waals surface area contributed by atoms with Gasteiger partial charge in [0.15, 0.2) is 5.78 Å². The van der Waals surface area contributed by atoms with Crippen molar-refractivity contribution < 1.29 is 50.6 Å². The van der Waals surface area contributed by atoms with Crippen LogP contribution in [0.1, 0.15) is 117 Å². The molecule has 2 aliphatic heterocycles. The molecule has 0 unspecified atom stereocenters. The summed E-state index contributed by atoms with van der Waals surface area (Å²) in [6, 6.07) is 4.15. The van der Waals surface area contributed by atoms with E-state index >= 15 is 0 Å². The Morgan fingerprint density at radius 2 is 1.77 bits per heavy atom. The number of ketones is 1. The summed E-state index contributed by atoms with van der Waals surface area (Å²) in [5, 5.41) is 0. The summed E-state index contributed by atoms with van der Waals surface area (Å²) >= 11 is 0. The number of methoxy groups -OCH3 is 1. The molecule has 13 nitrogen and oxygen atoms in total. The first-order valence-corrected chi connectivity index (χ1v) is 23.2. The first kappa shape index (κ1) is 42.7. The normalized spacial score (nSPS) is 33.0. The highest BCUT2D eigenvalue weighted by atomic mass is 32.2. The van der Waals surface area contributed by atoms with Crippen LogP contribution in [-0.2, 0) is 40.4 Å². The van der Waals surface area contributed by atoms with Crippen LogP contribution in [0.4, 0.5) is 8.78 Å². The summed E-state index contributed by atoms with van der Waals surface area (Å²) in [4.78, 5) is 68.3. The van der Waals surface area contributed by atoms with Gasteiger partial charge in [-0.3, -0.25) is 23.9 Å². The Morgan fingerprint density at radius 3 is 2.45 bits per heavy atom. The summed E-state index contributed by atoms with van der Waals surface area (Å²) in [5.74, 6) is -3.36. The number of esters is 1. The van der Waals surface area contributed by atoms with Gasteiger partial charge in [-0.25, -0.2) is 27.2 Å². The molecule has 3 heterocycles. The van der Waals surface area contributed by atoms with Gasteiger partial charge < -0.3 is 19.1 Å². The minimum Gasteiger partial charge on any atom is -0.497 e. The van der Waals surface area contributed by atoms with Gasteiger partial charge in [-0.15, -0.1) is 0 Å². The number of aromatic nitrogens is 2. The van der Waals surface area contributed by atoms with Gasteiger partial charge in [-0.2, -0.15) is 0 Å². The molecule has 2 aromatic rings. The van der Waals surface area contributed by atoms with Gasteiger partial charge in [0.05, 0.1) is 53.2 Å². The number of carbonyl (C=O) groups is 4. The second kappa shape index (κ2) is 15.7. The second-order valence-electron chi connectivity index (χ2n) is 19.8. The summed E-state index contributed by atoms with van der Waals surface area (Å²) in [7, 11) is -2.64. The predicted molar refractivity (Wildman–Crippen MR) is 215 cm³/mol. The Bertz CT molecular complexity index is 2160. The molecule has 5 fully saturated rings. The SMILES string of the molecule is COc1ccc2nc3c(nc2c1)O[C@@H]1C[C@@H](C(=O)C[C@]2(C(=O)NS(=O)(=O)C4(C)CC4)C[C@H]2C(F)F)N(C1)C(=O)[C@H](C(C)(C)C)CC(=O)O[C@@H]1[C@H]2CC[C@H](C2)[C@H]1CCCCC3. The number of hydrogen-bond donors (Lipinski definition) is 1. The zero-order chi connectivity index (χ0) is 42.9. The highest BCUT2D eigenvalue weighted by Crippen LogP contribution is 2.59. The lowest BCUT2D eigenvalue weighted by atomic mass is 9.77. The number of fused-ring (bicyclic) bond motifs is 9. The largest absolute Gasteiger partial charge is 0.497 e. The molecule has 60 heavy (non-hydrogen) atoms. The number of nitrogens with one attached hydrogen (secondary N) is 1. The zero-order valence-corrected chi connectivity index (χ0v) is 36.0. The van der Waals surface area contributed by atoms with Gasteiger partial charge >= 0.3 is 5.97 Å². The minimum absolute atomic E-state index is 0.0522. The highest BCUT2D eigenvalue weighted by molar-refractivity contribution is 7.91. The quantitative estimate of drug-likeness (QED) is 0.294. The van der Waals surface area contributed by atoms with E-state index in [1.807, 2.05) is 31.6 Å². The van der Waals surface area contributed by atoms with Crippen LogP contribution in [0.15, 0.2) is 18.2 Å². The fraction of sp³-hybridized carbons (Fsp3) is 0.727. The number of Topliss-reactive ketones (excluding diaryl/α,β-unsaturated/α-hetero) is 1. The molecule has 0 spiro atoms. The monoisotopic (exact) mass is 856 g/mol. The molecule has 1 aromatic heterocycles. The maximum Gasteiger partial charge on any atom is 0.306 e. The third-order valence-corrected chi connectivity index (χ3v) is 16.9. The predicted octanol–water partition coefficient (Wildman–Crippen LogP) is 6.34. The number of ether oxygens (including phenoxy) is 3. The molecule has 1 saturated heterocycles. The van der Waals surface area contributed by atoms with Crippen molar-refractivity contribution in [3.63, 3.8) is 0 Å². The van der Waals surface area contributed by atoms with Crippen molar-refractivity contribution in [2.45, 2.75) is 147 Å². The van der Waals surface area contributed by atoms with Crippen molar-refractivity contribution in [3.05, 3.63) is 23.9 Å². The van der Waals surface area contributed by atoms with Crippen LogP contribution >= 0.6 is 0 Å². The molecule has 0 radical (unpaired) electrons. The molecule has 2 amide bonds. The molecule has 328 valence electrons. The van der Waals surface area contributed by atoms with Crippen molar-refractivity contribution in [1.82, 2.24) is 19.6 Å². The first-order valence-electron chi connectivity index (χ1n) is 21.7. The maximum atomic E-state index is 14.9. The van der Waals surface area contributed by atoms with Crippen LogP contribution in [0.2, 0.25) is 0 Å². The number of nitrogens with zero attached hydrogens (tertiary/aromatic N) is 3. The number of sulfonamides is 1. The number of hydrogen-bond acceptors (Lipinski definition) is 11. The Hall–Kier alpha value is -3.95. The van der Waals surface area contributed by atoms with Crippen LogP contribution in [0, 0.1) is 40.4 Å². The average Bonchev–Trinajstić information content (AvgIpc) is 3.94. The van der Waals surface area contributed by atoms with Crippen LogP contribution in [-0.4, -0.2) is 89.9 Å². The number of alkyl halides is 2. The van der Waals surface area contributed by atoms with E-state index in [0.717, 1.165) is 44.9 Å². The lowest BCUT2D eigenvalue weighted by Crippen LogP contribution is -2.49. The average molecular weight is 857 g/mol. The number of carbonyl (C=O) groups excluding carboxylic acids is 4. The van der Waals surface area contributed by atoms with Crippen LogP contribution < -0.4 is 14.2 Å². The van der Waals surface area contributed by atoms with E-state index in [4.69, 9.17) is 24.2 Å². The number of amides is 2. The lowest BCUT2D eigenvalue weighted by molar-refractivity contribution is -0.161. The van der Waals surface area contributed by atoms with E-state index in [9.17, 15) is 36.4 Å². The Labute approximate surface area is 350 Å². The summed E-state index contributed by atoms with van der Waals surface area (Å²) in [5.41, 5.74) is -0.934. The van der Waals surface area contributed by atoms with Gasteiger partial charge in [-0.1, -0.05) is 33.6 Å². The van der Waals surface area contributed by atoms with Gasteiger partial charge in [0, 0.05) is 24.8 Å². The van der Waals surface area contributed by atoms with E-state index in [0.29, 0.717) is 47.7 Å². The number of rotatable bonds is 8. The molecular weight excluding hydrogens is 799 g/mol. The van der Waals surface area contributed by atoms with E-state index in [1.54, 1.807) is 19.2 Å². The molecule has 9 atom stereocenters. The summed E-state index contributed by atoms with van der Waals surface area (Å²) < 4.78 is 74.1. The molecule has 8 rings (SSSR count). The molecule has 4 bridgehead atoms. The fourth-order valence-corrected chi connectivity index (χ4v) is 11.9. The van der Waals surface area contributed by atoms with Gasteiger partial charge in [-0.05, 0) is 100 Å². The van der Waals surface area contributed by atoms with Crippen molar-refractivity contribution in [1.29, 1.82) is 0 Å². The summed E-state index contributed by atoms with van der Waals surface area (Å²) in [6.45, 7) is 6.93. The van der Waals surface area contributed by atoms with Crippen LogP contribution in [0.5, 0.6) is 11.6 Å². The number of aryl methyl sites for hydroxylation is 1. The summed E-state index contributed by atoms with van der Waals surface area (Å²) in [6.07, 6.45) is 2.61. The van der Waals surface area contributed by atoms with Crippen molar-refractivity contribution in [2.75, 3.05) is 13.7 Å². The molecule has 1 aromatic carbocycles. The Morgan fingerprint density at radius 1 is 1.02 bits per heavy atom. The lowest BCUT2D eigenvalue weighted by Gasteiger charge is -2.36. The molecular formula is C44H58F2N4O9S. The van der Waals surface area contributed by atoms with Crippen molar-refractivity contribution in [3.8, 4) is 11.6 Å². The first-order chi connectivity index (χ1) is 28.3. The fourth-order valence-electron chi connectivity index (χ4n) is 10.6. The molecule has 16 heteroatoms. The third kappa shape index (κ3) is 8.10. The highest BCUT2D eigenvalue weighted by Gasteiger charge is 2.67. The maximum absolute atomic E-state index is 14.9. The zero-order valence-electron chi connectivity index (χ0n) is 35.2. The Kier molecular flexibility index (Phi) is 11.2. The number of halogens is 2. The van der Waals surface area contributed by atoms with Gasteiger partial charge in [0.25, 0.3) is 0 Å². The van der Waals surface area contributed by atoms with E-state index < -0.39 is 86.0 Å². The molecule has 4 aliphatic carbocycles. The topological polar surface area (TPSA) is 171 Å². The molecule has 1 N–H and O–H groups in total. The van der Waals surface area contributed by atoms with Crippen LogP contribution in [0.25, 0.3) is 11.0 Å². The minimum atomic E-state index is -4.19. The van der Waals surface area contributed by atoms with E-state index in [-0.39, 0.29) is 49.6 Å². The van der Waals surface area contributed by atoms with Gasteiger partial charge in [0.1, 0.15) is 23.7 Å². The standard InChI is InChI=1S/C44H58F2N4O9S/c1-42(2,3)29-20-36(52)59-37-25-12-11-24(17-25)28(37)9-7-6-8-10-32-39(48-33-18-26(57-5)13-14-31(33)47-32)58-27-19-34(50(23-27)40(29)53)35(51)22-44(21-30(44)38(45)46)41(54)49-60(55,56)43(4)15-16-43/h13-14,18,24-25,27-30,34,37-38H,6-12,15-17,19-23H2,1-5H3,(H,49,54)/t24-,25+,27-,28-,29-,30+,34+,37-,44-/m1/s1.